The molecule has 3 rings (SSSR count). The molecule has 0 bridgehead atoms. The predicted molar refractivity (Wildman–Crippen MR) is 110 cm³/mol. The van der Waals surface area contributed by atoms with Gasteiger partial charge in [0.25, 0.3) is 11.5 Å². The number of thioether (sulfide) groups is 2. The number of carbonyl (C=O) groups excluding carboxylic acids is 2. The van der Waals surface area contributed by atoms with Crippen molar-refractivity contribution in [1.82, 2.24) is 14.4 Å². The molecule has 1 aromatic rings. The Bertz CT molecular complexity index is 1040. The highest BCUT2D eigenvalue weighted by molar-refractivity contribution is 8.30. The fraction of sp³-hybridized carbons (Fsp3) is 0.400. The van der Waals surface area contributed by atoms with Crippen LogP contribution in [0, 0.1) is 0 Å². The van der Waals surface area contributed by atoms with Crippen LogP contribution < -0.4 is 14.8 Å². The fourth-order valence-corrected chi connectivity index (χ4v) is 6.64. The second-order valence-corrected chi connectivity index (χ2v) is 9.11. The number of rotatable bonds is 4. The Morgan fingerprint density at radius 1 is 1.19 bits per heavy atom. The van der Waals surface area contributed by atoms with E-state index in [9.17, 15) is 19.2 Å². The van der Waals surface area contributed by atoms with E-state index in [4.69, 9.17) is 17.3 Å². The van der Waals surface area contributed by atoms with Crippen molar-refractivity contribution in [1.29, 1.82) is 0 Å². The normalized spacial score (nSPS) is 21.6. The van der Waals surface area contributed by atoms with Crippen molar-refractivity contribution in [3.63, 3.8) is 0 Å². The van der Waals surface area contributed by atoms with Crippen LogP contribution in [-0.4, -0.2) is 60.4 Å². The Kier molecular flexibility index (Phi) is 5.79. The Balaban J connectivity index is 2.28. The number of carbonyl (C=O) groups is 3. The number of thiazole rings is 1. The number of aliphatic carboxylic acids is 1. The fourth-order valence-electron chi connectivity index (χ4n) is 2.68. The van der Waals surface area contributed by atoms with E-state index in [-0.39, 0.29) is 27.7 Å². The molecule has 0 radical (unpaired) electrons. The Hall–Kier alpha value is -1.63. The molecule has 1 N–H and O–H groups in total. The minimum atomic E-state index is -1.16. The zero-order chi connectivity index (χ0) is 19.9. The molecule has 2 saturated heterocycles. The third kappa shape index (κ3) is 3.46. The van der Waals surface area contributed by atoms with Crippen LogP contribution in [0.4, 0.5) is 0 Å². The van der Waals surface area contributed by atoms with Crippen LogP contribution >= 0.6 is 47.1 Å². The highest BCUT2D eigenvalue weighted by atomic mass is 32.2. The molecule has 27 heavy (non-hydrogen) atoms. The summed E-state index contributed by atoms with van der Waals surface area (Å²) in [6.45, 7) is 3.88. The van der Waals surface area contributed by atoms with Gasteiger partial charge in [0.15, 0.2) is 0 Å². The molecule has 0 saturated carbocycles. The summed E-state index contributed by atoms with van der Waals surface area (Å²) in [7, 11) is 0. The number of nitrogens with zero attached hydrogens (tertiary/aromatic N) is 3. The zero-order valence-electron chi connectivity index (χ0n) is 14.4. The van der Waals surface area contributed by atoms with Gasteiger partial charge in [0, 0.05) is 13.1 Å². The van der Waals surface area contributed by atoms with Crippen LogP contribution in [-0.2, 0) is 20.9 Å². The van der Waals surface area contributed by atoms with Gasteiger partial charge in [-0.1, -0.05) is 35.7 Å². The second kappa shape index (κ2) is 7.78. The maximum Gasteiger partial charge on any atom is 0.323 e. The van der Waals surface area contributed by atoms with E-state index in [1.165, 1.54) is 9.47 Å². The minimum absolute atomic E-state index is 0.0827. The van der Waals surface area contributed by atoms with E-state index < -0.39 is 12.5 Å². The van der Waals surface area contributed by atoms with Crippen molar-refractivity contribution in [2.75, 3.05) is 18.8 Å². The average Bonchev–Trinajstić information content (AvgIpc) is 3.22. The molecule has 8 nitrogen and oxygen atoms in total. The summed E-state index contributed by atoms with van der Waals surface area (Å²) in [5.41, 5.74) is -0.341. The molecule has 1 aromatic heterocycles. The van der Waals surface area contributed by atoms with E-state index in [2.05, 4.69) is 0 Å². The molecule has 2 fully saturated rings. The number of carboxylic acid groups (broad SMARTS) is 1. The van der Waals surface area contributed by atoms with Gasteiger partial charge in [-0.2, -0.15) is 0 Å². The second-order valence-electron chi connectivity index (χ2n) is 5.50. The third-order valence-corrected chi connectivity index (χ3v) is 7.90. The number of amides is 2. The Morgan fingerprint density at radius 2 is 1.89 bits per heavy atom. The summed E-state index contributed by atoms with van der Waals surface area (Å²) < 4.78 is 2.66. The summed E-state index contributed by atoms with van der Waals surface area (Å²) in [6, 6.07) is 0. The lowest BCUT2D eigenvalue weighted by Crippen LogP contribution is -2.37. The van der Waals surface area contributed by atoms with Crippen molar-refractivity contribution >= 4 is 79.1 Å². The Labute approximate surface area is 171 Å². The molecule has 12 heteroatoms. The SMILES string of the molecule is CCN1C(=O)C(=c2sc(=C3SCC(=O)N3CC(=O)O)c(=O)n2CC)SC1=S. The van der Waals surface area contributed by atoms with Crippen molar-refractivity contribution in [2.45, 2.75) is 20.4 Å². The van der Waals surface area contributed by atoms with E-state index in [0.29, 0.717) is 32.0 Å². The standard InChI is InChI=1S/C15H15N3O5S4/c1-3-16-11(22)9(13-18(5-8(20)21)7(19)6-25-13)26-14(16)10-12(23)17(4-2)15(24)27-10/h3-6H2,1-2H3,(H,20,21). The summed E-state index contributed by atoms with van der Waals surface area (Å²) in [4.78, 5) is 51.6. The zero-order valence-corrected chi connectivity index (χ0v) is 17.6. The topological polar surface area (TPSA) is 99.9 Å². The summed E-state index contributed by atoms with van der Waals surface area (Å²) in [5, 5.41) is 9.39. The molecule has 144 valence electrons. The number of thiocarbonyl (C=S) groups is 1. The van der Waals surface area contributed by atoms with E-state index >= 15 is 0 Å². The number of hydrogen-bond donors (Lipinski definition) is 1. The molecule has 2 amide bonds. The van der Waals surface area contributed by atoms with Crippen molar-refractivity contribution in [3.05, 3.63) is 19.5 Å². The maximum atomic E-state index is 12.9. The third-order valence-electron chi connectivity index (χ3n) is 3.93. The van der Waals surface area contributed by atoms with Crippen LogP contribution in [0.5, 0.6) is 0 Å². The van der Waals surface area contributed by atoms with Gasteiger partial charge in [-0.05, 0) is 13.8 Å². The van der Waals surface area contributed by atoms with Crippen LogP contribution in [0.15, 0.2) is 4.79 Å². The van der Waals surface area contributed by atoms with Crippen molar-refractivity contribution in [2.24, 2.45) is 0 Å². The maximum absolute atomic E-state index is 12.9. The highest BCUT2D eigenvalue weighted by Crippen LogP contribution is 2.31. The monoisotopic (exact) mass is 445 g/mol. The van der Waals surface area contributed by atoms with Gasteiger partial charge in [0.05, 0.1) is 5.75 Å². The molecule has 2 aliphatic rings. The first-order valence-corrected chi connectivity index (χ1v) is 11.0. The quantitative estimate of drug-likeness (QED) is 0.628. The number of carboxylic acids is 1. The smallest absolute Gasteiger partial charge is 0.323 e. The average molecular weight is 446 g/mol. The minimum Gasteiger partial charge on any atom is -0.480 e. The molecule has 0 unspecified atom stereocenters. The van der Waals surface area contributed by atoms with Gasteiger partial charge in [-0.3, -0.25) is 33.5 Å². The molecule has 0 atom stereocenters. The summed E-state index contributed by atoms with van der Waals surface area (Å²) in [6.07, 6.45) is 0. The number of hydrogen-bond acceptors (Lipinski definition) is 8. The first-order valence-electron chi connectivity index (χ1n) is 7.97. The van der Waals surface area contributed by atoms with Crippen LogP contribution in [0.1, 0.15) is 13.8 Å². The van der Waals surface area contributed by atoms with Gasteiger partial charge in [-0.25, -0.2) is 0 Å². The predicted octanol–water partition coefficient (Wildman–Crippen LogP) is -0.356. The lowest BCUT2D eigenvalue weighted by molar-refractivity contribution is -0.141. The Morgan fingerprint density at radius 3 is 2.44 bits per heavy atom. The van der Waals surface area contributed by atoms with Gasteiger partial charge >= 0.3 is 5.97 Å². The molecule has 0 aromatic carbocycles. The summed E-state index contributed by atoms with van der Waals surface area (Å²) in [5.74, 6) is -1.67. The molecular formula is C15H15N3O5S4. The molecular weight excluding hydrogens is 430 g/mol. The largest absolute Gasteiger partial charge is 0.480 e. The summed E-state index contributed by atoms with van der Waals surface area (Å²) >= 11 is 8.62. The van der Waals surface area contributed by atoms with Gasteiger partial charge in [-0.15, -0.1) is 11.3 Å². The van der Waals surface area contributed by atoms with Gasteiger partial charge in [0.1, 0.15) is 30.0 Å². The van der Waals surface area contributed by atoms with Crippen molar-refractivity contribution in [3.8, 4) is 0 Å². The van der Waals surface area contributed by atoms with Crippen molar-refractivity contribution < 1.29 is 19.5 Å². The van der Waals surface area contributed by atoms with E-state index in [0.717, 1.165) is 39.8 Å². The molecule has 3 heterocycles. The van der Waals surface area contributed by atoms with Crippen LogP contribution in [0.3, 0.4) is 0 Å². The first kappa shape index (κ1) is 20.1. The number of aromatic nitrogens is 1. The lowest BCUT2D eigenvalue weighted by Gasteiger charge is -2.12. The van der Waals surface area contributed by atoms with Crippen LogP contribution in [0.2, 0.25) is 0 Å². The first-order chi connectivity index (χ1) is 12.8. The highest BCUT2D eigenvalue weighted by Gasteiger charge is 2.34. The van der Waals surface area contributed by atoms with E-state index in [1.807, 2.05) is 6.92 Å². The van der Waals surface area contributed by atoms with E-state index in [1.54, 1.807) is 6.92 Å². The molecule has 0 aliphatic carbocycles. The van der Waals surface area contributed by atoms with Gasteiger partial charge in [0.2, 0.25) is 5.91 Å². The van der Waals surface area contributed by atoms with Crippen LogP contribution in [0.25, 0.3) is 9.93 Å². The van der Waals surface area contributed by atoms with Gasteiger partial charge < -0.3 is 5.11 Å². The molecule has 0 spiro atoms. The molecule has 2 aliphatic heterocycles. The lowest BCUT2D eigenvalue weighted by atomic mass is 10.4.